The van der Waals surface area contributed by atoms with Gasteiger partial charge in [0.15, 0.2) is 0 Å². The maximum absolute atomic E-state index is 12.6. The summed E-state index contributed by atoms with van der Waals surface area (Å²) in [6.07, 6.45) is -0.340. The highest BCUT2D eigenvalue weighted by Gasteiger charge is 2.46. The second-order valence-electron chi connectivity index (χ2n) is 10.2. The Morgan fingerprint density at radius 3 is 2.02 bits per heavy atom. The lowest BCUT2D eigenvalue weighted by molar-refractivity contribution is -0.126. The highest BCUT2D eigenvalue weighted by molar-refractivity contribution is 5.50. The van der Waals surface area contributed by atoms with Crippen LogP contribution in [0.1, 0.15) is 34.9 Å². The topological polar surface area (TPSA) is 112 Å². The quantitative estimate of drug-likeness (QED) is 0.218. The van der Waals surface area contributed by atoms with Crippen molar-refractivity contribution in [1.82, 2.24) is 9.55 Å². The summed E-state index contributed by atoms with van der Waals surface area (Å²) in [7, 11) is 3.22. The number of rotatable bonds is 10. The smallest absolute Gasteiger partial charge is 0.330 e. The molecule has 0 saturated carbocycles. The number of hydrogen-bond acceptors (Lipinski definition) is 7. The fraction of sp³-hybridized carbons (Fsp3) is 0.273. The average Bonchev–Trinajstić information content (AvgIpc) is 3.41. The number of aliphatic hydroxyl groups excluding tert-OH is 1. The molecule has 1 aliphatic rings. The lowest BCUT2D eigenvalue weighted by Gasteiger charge is -2.40. The largest absolute Gasteiger partial charge is 0.497 e. The van der Waals surface area contributed by atoms with E-state index in [1.165, 1.54) is 10.8 Å². The molecule has 1 saturated heterocycles. The lowest BCUT2D eigenvalue weighted by atomic mass is 9.79. The van der Waals surface area contributed by atoms with E-state index in [9.17, 15) is 14.7 Å². The zero-order valence-electron chi connectivity index (χ0n) is 23.7. The Kier molecular flexibility index (Phi) is 8.44. The van der Waals surface area contributed by atoms with Crippen molar-refractivity contribution in [2.45, 2.75) is 43.5 Å². The van der Waals surface area contributed by atoms with Crippen molar-refractivity contribution in [2.75, 3.05) is 14.2 Å². The van der Waals surface area contributed by atoms with Crippen LogP contribution >= 0.6 is 0 Å². The summed E-state index contributed by atoms with van der Waals surface area (Å²) in [5, 5.41) is 11.2. The van der Waals surface area contributed by atoms with Crippen molar-refractivity contribution in [1.29, 1.82) is 0 Å². The van der Waals surface area contributed by atoms with Crippen molar-refractivity contribution < 1.29 is 24.1 Å². The van der Waals surface area contributed by atoms with Crippen molar-refractivity contribution in [2.24, 2.45) is 0 Å². The van der Waals surface area contributed by atoms with E-state index in [0.717, 1.165) is 16.7 Å². The number of benzene rings is 3. The van der Waals surface area contributed by atoms with Crippen LogP contribution < -0.4 is 20.7 Å². The van der Waals surface area contributed by atoms with Crippen LogP contribution in [-0.4, -0.2) is 47.2 Å². The molecule has 1 fully saturated rings. The highest BCUT2D eigenvalue weighted by atomic mass is 16.6. The standard InChI is InChI=1S/C33H34N2O7/c1-5-28(30-27(36)19-29(41-30)35-20-21(2)31(37)34-32(35)38)42-33(22-9-7-6-8-10-22,23-11-15-25(39-3)16-12-23)24-13-17-26(40-4)18-14-24/h5-18,20,27-30,36H,1,19H2,2-4H3,(H,34,37,38)/t27-,28?,29+,30-/m0/s1. The number of aliphatic hydroxyl groups is 1. The number of nitrogens with zero attached hydrogens (tertiary/aromatic N) is 1. The first kappa shape index (κ1) is 29.1. The van der Waals surface area contributed by atoms with Gasteiger partial charge in [0.05, 0.1) is 20.3 Å². The number of nitrogens with one attached hydrogen (secondary N) is 1. The maximum Gasteiger partial charge on any atom is 0.330 e. The number of H-pyrrole nitrogens is 1. The molecule has 218 valence electrons. The van der Waals surface area contributed by atoms with E-state index in [0.29, 0.717) is 17.1 Å². The van der Waals surface area contributed by atoms with Gasteiger partial charge in [-0.3, -0.25) is 14.3 Å². The molecule has 0 bridgehead atoms. The molecule has 9 heteroatoms. The van der Waals surface area contributed by atoms with Gasteiger partial charge in [-0.25, -0.2) is 4.79 Å². The molecule has 3 aromatic carbocycles. The van der Waals surface area contributed by atoms with E-state index < -0.39 is 41.4 Å². The second-order valence-corrected chi connectivity index (χ2v) is 10.2. The Bertz CT molecular complexity index is 1580. The number of aromatic amines is 1. The number of methoxy groups -OCH3 is 2. The monoisotopic (exact) mass is 570 g/mol. The van der Waals surface area contributed by atoms with E-state index in [4.69, 9.17) is 18.9 Å². The summed E-state index contributed by atoms with van der Waals surface area (Å²) in [6.45, 7) is 5.63. The molecule has 0 aliphatic carbocycles. The molecule has 4 aromatic rings. The summed E-state index contributed by atoms with van der Waals surface area (Å²) in [5.41, 5.74) is 0.551. The van der Waals surface area contributed by atoms with Crippen molar-refractivity contribution >= 4 is 0 Å². The van der Waals surface area contributed by atoms with Crippen LogP contribution in [0.5, 0.6) is 11.5 Å². The van der Waals surface area contributed by atoms with Gasteiger partial charge in [0.1, 0.15) is 35.5 Å². The first-order valence-corrected chi connectivity index (χ1v) is 13.6. The molecule has 2 heterocycles. The number of hydrogen-bond donors (Lipinski definition) is 2. The minimum Gasteiger partial charge on any atom is -0.497 e. The third kappa shape index (κ3) is 5.42. The molecular formula is C33H34N2O7. The van der Waals surface area contributed by atoms with Crippen LogP contribution in [0, 0.1) is 6.92 Å². The van der Waals surface area contributed by atoms with Gasteiger partial charge in [0.25, 0.3) is 5.56 Å². The summed E-state index contributed by atoms with van der Waals surface area (Å²) < 4.78 is 25.5. The third-order valence-corrected chi connectivity index (χ3v) is 7.64. The van der Waals surface area contributed by atoms with Crippen LogP contribution in [0.25, 0.3) is 0 Å². The molecule has 1 aliphatic heterocycles. The number of ether oxygens (including phenoxy) is 4. The molecule has 0 radical (unpaired) electrons. The molecule has 5 rings (SSSR count). The third-order valence-electron chi connectivity index (χ3n) is 7.64. The minimum atomic E-state index is -1.18. The summed E-state index contributed by atoms with van der Waals surface area (Å²) >= 11 is 0. The molecule has 9 nitrogen and oxygen atoms in total. The van der Waals surface area contributed by atoms with Crippen molar-refractivity contribution in [3.63, 3.8) is 0 Å². The van der Waals surface area contributed by atoms with Gasteiger partial charge in [-0.05, 0) is 47.9 Å². The number of aromatic nitrogens is 2. The van der Waals surface area contributed by atoms with Crippen LogP contribution in [0.2, 0.25) is 0 Å². The first-order chi connectivity index (χ1) is 20.3. The van der Waals surface area contributed by atoms with Crippen LogP contribution in [-0.2, 0) is 15.1 Å². The van der Waals surface area contributed by atoms with Gasteiger partial charge in [0.2, 0.25) is 0 Å². The molecule has 42 heavy (non-hydrogen) atoms. The summed E-state index contributed by atoms with van der Waals surface area (Å²) in [6, 6.07) is 25.0. The Morgan fingerprint density at radius 1 is 0.952 bits per heavy atom. The zero-order chi connectivity index (χ0) is 29.9. The van der Waals surface area contributed by atoms with E-state index in [2.05, 4.69) is 11.6 Å². The average molecular weight is 571 g/mol. The Balaban J connectivity index is 1.62. The molecule has 0 spiro atoms. The van der Waals surface area contributed by atoms with Gasteiger partial charge in [-0.2, -0.15) is 0 Å². The van der Waals surface area contributed by atoms with Gasteiger partial charge in [-0.15, -0.1) is 6.58 Å². The highest BCUT2D eigenvalue weighted by Crippen LogP contribution is 2.44. The molecular weight excluding hydrogens is 536 g/mol. The molecule has 1 aromatic heterocycles. The molecule has 0 amide bonds. The van der Waals surface area contributed by atoms with E-state index in [-0.39, 0.29) is 6.42 Å². The first-order valence-electron chi connectivity index (χ1n) is 13.6. The van der Waals surface area contributed by atoms with Gasteiger partial charge < -0.3 is 24.1 Å². The maximum atomic E-state index is 12.6. The Hall–Kier alpha value is -4.44. The fourth-order valence-electron chi connectivity index (χ4n) is 5.43. The summed E-state index contributed by atoms with van der Waals surface area (Å²) in [4.78, 5) is 26.8. The normalized spacial score (nSPS) is 19.3. The van der Waals surface area contributed by atoms with Crippen molar-refractivity contribution in [3.05, 3.63) is 141 Å². The molecule has 1 unspecified atom stereocenters. The predicted octanol–water partition coefficient (Wildman–Crippen LogP) is 4.07. The van der Waals surface area contributed by atoms with Crippen LogP contribution in [0.4, 0.5) is 0 Å². The number of aryl methyl sites for hydroxylation is 1. The zero-order valence-corrected chi connectivity index (χ0v) is 23.7. The van der Waals surface area contributed by atoms with Gasteiger partial charge in [0, 0.05) is 18.2 Å². The van der Waals surface area contributed by atoms with Crippen LogP contribution in [0.15, 0.2) is 107 Å². The van der Waals surface area contributed by atoms with E-state index >= 15 is 0 Å². The van der Waals surface area contributed by atoms with Gasteiger partial charge in [-0.1, -0.05) is 60.7 Å². The van der Waals surface area contributed by atoms with E-state index in [1.807, 2.05) is 78.9 Å². The minimum absolute atomic E-state index is 0.118. The van der Waals surface area contributed by atoms with Gasteiger partial charge >= 0.3 is 5.69 Å². The fourth-order valence-corrected chi connectivity index (χ4v) is 5.43. The Morgan fingerprint density at radius 2 is 1.50 bits per heavy atom. The van der Waals surface area contributed by atoms with Crippen molar-refractivity contribution in [3.8, 4) is 11.5 Å². The molecule has 4 atom stereocenters. The predicted molar refractivity (Wildman–Crippen MR) is 158 cm³/mol. The SMILES string of the molecule is C=CC(OC(c1ccccc1)(c1ccc(OC)cc1)c1ccc(OC)cc1)[C@H]1O[C@@H](n2cc(C)c(=O)[nH]c2=O)C[C@@H]1O. The lowest BCUT2D eigenvalue weighted by Crippen LogP contribution is -2.43. The second kappa shape index (κ2) is 12.2. The van der Waals surface area contributed by atoms with Crippen LogP contribution in [0.3, 0.4) is 0 Å². The summed E-state index contributed by atoms with van der Waals surface area (Å²) in [5.74, 6) is 1.38. The Labute approximate surface area is 243 Å². The van der Waals surface area contributed by atoms with E-state index in [1.54, 1.807) is 27.2 Å². The molecule has 2 N–H and O–H groups in total.